The Morgan fingerprint density at radius 3 is 1.35 bits per heavy atom. The molecule has 0 nitrogen and oxygen atoms in total. The SMILES string of the molecule is CCc1ccc(-c2ccc(-c3ccc(-c4ccc(CCCCCCCCCCC[Si](C)(C)Cl)s4)s3)s2)s1. The summed E-state index contributed by atoms with van der Waals surface area (Å²) in [5, 5.41) is 0. The van der Waals surface area contributed by atoms with Gasteiger partial charge in [-0.05, 0) is 73.8 Å². The summed E-state index contributed by atoms with van der Waals surface area (Å²) in [6.45, 7) is 6.76. The molecule has 4 aromatic rings. The molecule has 0 aromatic carbocycles. The van der Waals surface area contributed by atoms with Crippen molar-refractivity contribution in [2.75, 3.05) is 0 Å². The molecule has 0 amide bonds. The average molecular weight is 605 g/mol. The molecule has 0 atom stereocenters. The fourth-order valence-corrected chi connectivity index (χ4v) is 10.4. The Bertz CT molecular complexity index is 1210. The highest BCUT2D eigenvalue weighted by Crippen LogP contribution is 2.43. The van der Waals surface area contributed by atoms with Crippen LogP contribution in [0.3, 0.4) is 0 Å². The minimum Gasteiger partial charge on any atom is -0.168 e. The van der Waals surface area contributed by atoms with Crippen LogP contribution in [-0.4, -0.2) is 7.38 Å². The second-order valence-corrected chi connectivity index (χ2v) is 22.1. The van der Waals surface area contributed by atoms with E-state index in [1.807, 2.05) is 45.3 Å². The van der Waals surface area contributed by atoms with Crippen LogP contribution in [0.5, 0.6) is 0 Å². The average Bonchev–Trinajstić information content (AvgIpc) is 3.67. The van der Waals surface area contributed by atoms with Crippen LogP contribution in [0.1, 0.15) is 74.5 Å². The molecule has 0 aliphatic rings. The molecule has 0 unspecified atom stereocenters. The maximum atomic E-state index is 6.41. The van der Waals surface area contributed by atoms with Gasteiger partial charge in [-0.25, -0.2) is 0 Å². The summed E-state index contributed by atoms with van der Waals surface area (Å²) in [6, 6.07) is 19.7. The molecule has 4 heterocycles. The largest absolute Gasteiger partial charge is 0.168 e. The van der Waals surface area contributed by atoms with Crippen molar-refractivity contribution in [2.45, 2.75) is 96.7 Å². The van der Waals surface area contributed by atoms with Crippen molar-refractivity contribution in [1.29, 1.82) is 0 Å². The zero-order chi connectivity index (χ0) is 26.1. The minimum atomic E-state index is -1.34. The molecule has 6 heteroatoms. The van der Waals surface area contributed by atoms with E-state index in [2.05, 4.69) is 68.5 Å². The van der Waals surface area contributed by atoms with Crippen LogP contribution >= 0.6 is 56.4 Å². The van der Waals surface area contributed by atoms with Gasteiger partial charge in [-0.1, -0.05) is 71.4 Å². The first-order valence-corrected chi connectivity index (χ1v) is 21.5. The quantitative estimate of drug-likeness (QED) is 0.0677. The molecule has 0 saturated heterocycles. The van der Waals surface area contributed by atoms with Gasteiger partial charge in [-0.3, -0.25) is 0 Å². The zero-order valence-electron chi connectivity index (χ0n) is 22.6. The summed E-state index contributed by atoms with van der Waals surface area (Å²) in [6.07, 6.45) is 14.8. The van der Waals surface area contributed by atoms with Crippen LogP contribution in [0.4, 0.5) is 0 Å². The molecular formula is C31H41ClS4Si. The Balaban J connectivity index is 1.15. The van der Waals surface area contributed by atoms with Crippen LogP contribution in [-0.2, 0) is 12.8 Å². The van der Waals surface area contributed by atoms with Crippen molar-refractivity contribution in [3.8, 4) is 29.3 Å². The lowest BCUT2D eigenvalue weighted by molar-refractivity contribution is 0.565. The summed E-state index contributed by atoms with van der Waals surface area (Å²) in [4.78, 5) is 11.4. The van der Waals surface area contributed by atoms with Crippen LogP contribution < -0.4 is 0 Å². The van der Waals surface area contributed by atoms with Gasteiger partial charge >= 0.3 is 0 Å². The normalized spacial score (nSPS) is 12.0. The summed E-state index contributed by atoms with van der Waals surface area (Å²) >= 11 is 14.2. The maximum absolute atomic E-state index is 6.41. The first-order chi connectivity index (χ1) is 17.9. The third-order valence-electron chi connectivity index (χ3n) is 6.81. The Kier molecular flexibility index (Phi) is 11.6. The Hall–Kier alpha value is -0.693. The number of aryl methyl sites for hydroxylation is 2. The molecule has 0 aliphatic heterocycles. The van der Waals surface area contributed by atoms with E-state index >= 15 is 0 Å². The fourth-order valence-electron chi connectivity index (χ4n) is 4.63. The van der Waals surface area contributed by atoms with Gasteiger partial charge in [-0.2, -0.15) is 11.1 Å². The molecule has 0 fully saturated rings. The number of halogens is 1. The highest BCUT2D eigenvalue weighted by molar-refractivity contribution is 7.28. The predicted octanol–water partition coefficient (Wildman–Crippen LogP) is 13.0. The van der Waals surface area contributed by atoms with E-state index in [4.69, 9.17) is 11.1 Å². The number of thiophene rings is 4. The Morgan fingerprint density at radius 1 is 0.514 bits per heavy atom. The lowest BCUT2D eigenvalue weighted by Crippen LogP contribution is -2.14. The second-order valence-electron chi connectivity index (χ2n) is 10.6. The van der Waals surface area contributed by atoms with Crippen LogP contribution in [0.15, 0.2) is 48.5 Å². The van der Waals surface area contributed by atoms with Gasteiger partial charge in [-0.15, -0.1) is 45.3 Å². The van der Waals surface area contributed by atoms with Gasteiger partial charge in [0.2, 0.25) is 0 Å². The first-order valence-electron chi connectivity index (χ1n) is 14.0. The highest BCUT2D eigenvalue weighted by atomic mass is 35.6. The van der Waals surface area contributed by atoms with Crippen molar-refractivity contribution >= 4 is 63.8 Å². The van der Waals surface area contributed by atoms with Gasteiger partial charge in [0.1, 0.15) is 7.38 Å². The van der Waals surface area contributed by atoms with Crippen molar-refractivity contribution in [1.82, 2.24) is 0 Å². The van der Waals surface area contributed by atoms with E-state index in [0.717, 1.165) is 6.42 Å². The summed E-state index contributed by atoms with van der Waals surface area (Å²) in [7, 11) is -1.34. The van der Waals surface area contributed by atoms with E-state index in [0.29, 0.717) is 0 Å². The van der Waals surface area contributed by atoms with E-state index in [1.54, 1.807) is 4.88 Å². The van der Waals surface area contributed by atoms with Crippen molar-refractivity contribution in [3.63, 3.8) is 0 Å². The molecule has 0 aliphatic carbocycles. The van der Waals surface area contributed by atoms with Crippen LogP contribution in [0, 0.1) is 0 Å². The molecule has 37 heavy (non-hydrogen) atoms. The molecule has 0 bridgehead atoms. The van der Waals surface area contributed by atoms with Crippen LogP contribution in [0.2, 0.25) is 19.1 Å². The smallest absolute Gasteiger partial charge is 0.150 e. The first kappa shape index (κ1) is 29.3. The monoisotopic (exact) mass is 604 g/mol. The molecule has 4 rings (SSSR count). The van der Waals surface area contributed by atoms with Gasteiger partial charge < -0.3 is 0 Å². The maximum Gasteiger partial charge on any atom is 0.150 e. The fraction of sp³-hybridized carbons (Fsp3) is 0.484. The predicted molar refractivity (Wildman–Crippen MR) is 177 cm³/mol. The zero-order valence-corrected chi connectivity index (χ0v) is 27.6. The van der Waals surface area contributed by atoms with Gasteiger partial charge in [0, 0.05) is 39.0 Å². The van der Waals surface area contributed by atoms with E-state index in [-0.39, 0.29) is 0 Å². The van der Waals surface area contributed by atoms with Crippen molar-refractivity contribution < 1.29 is 0 Å². The Morgan fingerprint density at radius 2 is 0.892 bits per heavy atom. The molecule has 0 radical (unpaired) electrons. The Labute approximate surface area is 246 Å². The summed E-state index contributed by atoms with van der Waals surface area (Å²) in [5.41, 5.74) is 0. The second kappa shape index (κ2) is 14.6. The van der Waals surface area contributed by atoms with Crippen LogP contribution in [0.25, 0.3) is 29.3 Å². The summed E-state index contributed by atoms with van der Waals surface area (Å²) in [5.74, 6) is 0. The standard InChI is InChI=1S/C31H41ClS4Si/c1-4-24-15-17-26(33-24)28-19-21-30(35-28)31-22-20-29(36-31)27-18-16-25(34-27)14-12-10-8-6-5-7-9-11-13-23-37(2,3)32/h15-22H,4-14,23H2,1-3H3. The lowest BCUT2D eigenvalue weighted by atomic mass is 10.1. The van der Waals surface area contributed by atoms with Gasteiger partial charge in [0.15, 0.2) is 0 Å². The van der Waals surface area contributed by atoms with Crippen molar-refractivity contribution in [3.05, 3.63) is 58.3 Å². The molecule has 0 saturated carbocycles. The molecule has 4 aromatic heterocycles. The number of hydrogen-bond acceptors (Lipinski definition) is 4. The third-order valence-corrected chi connectivity index (χ3v) is 14.0. The third kappa shape index (κ3) is 9.47. The van der Waals surface area contributed by atoms with E-state index in [9.17, 15) is 0 Å². The summed E-state index contributed by atoms with van der Waals surface area (Å²) < 4.78 is 0. The number of rotatable bonds is 16. The molecule has 200 valence electrons. The minimum absolute atomic E-state index is 1.12. The van der Waals surface area contributed by atoms with Crippen molar-refractivity contribution in [2.24, 2.45) is 0 Å². The van der Waals surface area contributed by atoms with Gasteiger partial charge in [0.25, 0.3) is 0 Å². The lowest BCUT2D eigenvalue weighted by Gasteiger charge is -2.11. The topological polar surface area (TPSA) is 0 Å². The van der Waals surface area contributed by atoms with Gasteiger partial charge in [0.05, 0.1) is 0 Å². The molecule has 0 spiro atoms. The molecule has 0 N–H and O–H groups in total. The number of hydrogen-bond donors (Lipinski definition) is 0. The highest BCUT2D eigenvalue weighted by Gasteiger charge is 2.15. The van der Waals surface area contributed by atoms with E-state index in [1.165, 1.54) is 104 Å². The van der Waals surface area contributed by atoms with E-state index < -0.39 is 7.38 Å². The molecular weight excluding hydrogens is 564 g/mol. The number of unbranched alkanes of at least 4 members (excludes halogenated alkanes) is 8.